The van der Waals surface area contributed by atoms with Gasteiger partial charge in [0.2, 0.25) is 5.91 Å². The number of hydrogen-bond acceptors (Lipinski definition) is 4. The minimum absolute atomic E-state index is 0.0651. The lowest BCUT2D eigenvalue weighted by Crippen LogP contribution is -2.50. The fourth-order valence-electron chi connectivity index (χ4n) is 4.56. The second kappa shape index (κ2) is 9.75. The Morgan fingerprint density at radius 1 is 1.32 bits per heavy atom. The first-order valence-electron chi connectivity index (χ1n) is 10.3. The van der Waals surface area contributed by atoms with E-state index in [2.05, 4.69) is 15.9 Å². The molecular weight excluding hydrogens is 437 g/mol. The number of alkyl halides is 3. The van der Waals surface area contributed by atoms with Gasteiger partial charge in [0.1, 0.15) is 0 Å². The van der Waals surface area contributed by atoms with Crippen molar-refractivity contribution >= 4 is 23.5 Å². The van der Waals surface area contributed by atoms with E-state index in [0.29, 0.717) is 11.9 Å². The fourth-order valence-corrected chi connectivity index (χ4v) is 4.78. The van der Waals surface area contributed by atoms with E-state index in [-0.39, 0.29) is 5.60 Å². The van der Waals surface area contributed by atoms with Gasteiger partial charge < -0.3 is 14.7 Å². The van der Waals surface area contributed by atoms with E-state index in [9.17, 15) is 18.0 Å². The molecule has 3 aliphatic rings. The zero-order chi connectivity index (χ0) is 22.6. The van der Waals surface area contributed by atoms with Crippen LogP contribution >= 0.6 is 11.6 Å². The van der Waals surface area contributed by atoms with Crippen LogP contribution in [0, 0.1) is 0 Å². The summed E-state index contributed by atoms with van der Waals surface area (Å²) in [6, 6.07) is 8.47. The molecule has 3 saturated heterocycles. The van der Waals surface area contributed by atoms with Gasteiger partial charge in [0.15, 0.2) is 0 Å². The lowest BCUT2D eigenvalue weighted by atomic mass is 9.89. The number of amides is 1. The molecule has 1 aromatic rings. The average molecular weight is 463 g/mol. The number of likely N-dealkylation sites (tertiary alicyclic amines) is 2. The SMILES string of the molecule is O=C(O)C(F)(F)F.O=C1CCCN1[C@@H]1CCO[C@]2(CCN(Cc3cccc(Cl)c3)C2)C1. The number of carboxylic acids is 1. The maximum Gasteiger partial charge on any atom is 0.490 e. The summed E-state index contributed by atoms with van der Waals surface area (Å²) < 4.78 is 38.0. The third-order valence-corrected chi connectivity index (χ3v) is 6.19. The van der Waals surface area contributed by atoms with Crippen molar-refractivity contribution in [3.8, 4) is 0 Å². The zero-order valence-electron chi connectivity index (χ0n) is 17.0. The van der Waals surface area contributed by atoms with Crippen LogP contribution in [-0.2, 0) is 20.9 Å². The Hall–Kier alpha value is -1.84. The van der Waals surface area contributed by atoms with Gasteiger partial charge in [-0.15, -0.1) is 0 Å². The molecule has 1 aromatic carbocycles. The van der Waals surface area contributed by atoms with Crippen LogP contribution in [0.5, 0.6) is 0 Å². The number of hydrogen-bond donors (Lipinski definition) is 1. The Balaban J connectivity index is 0.000000339. The van der Waals surface area contributed by atoms with Crippen LogP contribution < -0.4 is 0 Å². The predicted molar refractivity (Wildman–Crippen MR) is 108 cm³/mol. The number of rotatable bonds is 3. The Bertz CT molecular complexity index is 807. The Kier molecular flexibility index (Phi) is 7.49. The van der Waals surface area contributed by atoms with Crippen LogP contribution in [0.2, 0.25) is 5.02 Å². The number of benzene rings is 1. The predicted octanol–water partition coefficient (Wildman–Crippen LogP) is 3.72. The molecule has 0 aromatic heterocycles. The number of carboxylic acid groups (broad SMARTS) is 1. The second-order valence-corrected chi connectivity index (χ2v) is 8.70. The molecule has 1 amide bonds. The van der Waals surface area contributed by atoms with Crippen molar-refractivity contribution in [2.24, 2.45) is 0 Å². The van der Waals surface area contributed by atoms with Crippen molar-refractivity contribution in [2.75, 3.05) is 26.2 Å². The highest BCUT2D eigenvalue weighted by Gasteiger charge is 2.45. The van der Waals surface area contributed by atoms with Crippen LogP contribution in [0.3, 0.4) is 0 Å². The molecule has 3 fully saturated rings. The van der Waals surface area contributed by atoms with E-state index in [0.717, 1.165) is 69.9 Å². The Morgan fingerprint density at radius 2 is 2.06 bits per heavy atom. The summed E-state index contributed by atoms with van der Waals surface area (Å²) in [6.07, 6.45) is -0.298. The number of halogens is 4. The number of nitrogens with zero attached hydrogens (tertiary/aromatic N) is 2. The van der Waals surface area contributed by atoms with Crippen molar-refractivity contribution in [3.63, 3.8) is 0 Å². The maximum atomic E-state index is 12.1. The summed E-state index contributed by atoms with van der Waals surface area (Å²) >= 11 is 6.10. The summed E-state index contributed by atoms with van der Waals surface area (Å²) in [4.78, 5) is 25.5. The monoisotopic (exact) mass is 462 g/mol. The van der Waals surface area contributed by atoms with E-state index in [4.69, 9.17) is 26.2 Å². The van der Waals surface area contributed by atoms with E-state index in [1.807, 2.05) is 18.2 Å². The minimum Gasteiger partial charge on any atom is -0.475 e. The summed E-state index contributed by atoms with van der Waals surface area (Å²) in [6.45, 7) is 4.63. The van der Waals surface area contributed by atoms with Crippen LogP contribution in [0.1, 0.15) is 37.7 Å². The first-order chi connectivity index (χ1) is 14.6. The maximum absolute atomic E-state index is 12.1. The Morgan fingerprint density at radius 3 is 2.68 bits per heavy atom. The van der Waals surface area contributed by atoms with Gasteiger partial charge in [-0.3, -0.25) is 9.69 Å². The lowest BCUT2D eigenvalue weighted by molar-refractivity contribution is -0.192. The normalized spacial score (nSPS) is 26.8. The summed E-state index contributed by atoms with van der Waals surface area (Å²) in [5, 5.41) is 7.92. The minimum atomic E-state index is -5.08. The van der Waals surface area contributed by atoms with Gasteiger partial charge in [0.05, 0.1) is 5.60 Å². The number of carbonyl (C=O) groups excluding carboxylic acids is 1. The van der Waals surface area contributed by atoms with E-state index in [1.165, 1.54) is 5.56 Å². The Labute approximate surface area is 183 Å². The molecule has 0 unspecified atom stereocenters. The molecule has 31 heavy (non-hydrogen) atoms. The third kappa shape index (κ3) is 6.33. The molecule has 0 radical (unpaired) electrons. The average Bonchev–Trinajstić information content (AvgIpc) is 3.28. The lowest BCUT2D eigenvalue weighted by Gasteiger charge is -2.41. The summed E-state index contributed by atoms with van der Waals surface area (Å²) in [7, 11) is 0. The highest BCUT2D eigenvalue weighted by molar-refractivity contribution is 6.30. The van der Waals surface area contributed by atoms with Crippen molar-refractivity contribution < 1.29 is 32.6 Å². The van der Waals surface area contributed by atoms with Gasteiger partial charge in [-0.05, 0) is 43.4 Å². The van der Waals surface area contributed by atoms with Gasteiger partial charge in [-0.2, -0.15) is 13.2 Å². The van der Waals surface area contributed by atoms with Gasteiger partial charge in [0.25, 0.3) is 0 Å². The molecule has 10 heteroatoms. The zero-order valence-corrected chi connectivity index (χ0v) is 17.8. The van der Waals surface area contributed by atoms with Crippen LogP contribution in [0.4, 0.5) is 13.2 Å². The van der Waals surface area contributed by atoms with Crippen LogP contribution in [-0.4, -0.2) is 70.8 Å². The third-order valence-electron chi connectivity index (χ3n) is 5.95. The molecule has 3 heterocycles. The standard InChI is InChI=1S/C19H25ClN2O2.C2HF3O2/c20-16-4-1-3-15(11-16)13-21-9-7-19(14-21)12-17(6-10-24-19)22-8-2-5-18(22)23;3-2(4,5)1(6)7/h1,3-4,11,17H,2,5-10,12-14H2;(H,6,7)/t17-,19-;/m1./s1. The fraction of sp³-hybridized carbons (Fsp3) is 0.619. The summed E-state index contributed by atoms with van der Waals surface area (Å²) in [5.74, 6) is -2.42. The van der Waals surface area contributed by atoms with E-state index >= 15 is 0 Å². The van der Waals surface area contributed by atoms with Crippen LogP contribution in [0.15, 0.2) is 24.3 Å². The molecule has 2 atom stereocenters. The number of ether oxygens (including phenoxy) is 1. The van der Waals surface area contributed by atoms with Gasteiger partial charge in [-0.25, -0.2) is 4.79 Å². The first-order valence-corrected chi connectivity index (χ1v) is 10.7. The van der Waals surface area contributed by atoms with Gasteiger partial charge in [0, 0.05) is 50.3 Å². The number of carbonyl (C=O) groups is 2. The first kappa shape index (κ1) is 23.8. The van der Waals surface area contributed by atoms with E-state index < -0.39 is 12.1 Å². The van der Waals surface area contributed by atoms with Crippen LogP contribution in [0.25, 0.3) is 0 Å². The largest absolute Gasteiger partial charge is 0.490 e. The molecule has 0 aliphatic carbocycles. The second-order valence-electron chi connectivity index (χ2n) is 8.26. The smallest absolute Gasteiger partial charge is 0.475 e. The molecule has 0 bridgehead atoms. The van der Waals surface area contributed by atoms with Crippen molar-refractivity contribution in [2.45, 2.75) is 56.5 Å². The molecule has 3 aliphatic heterocycles. The highest BCUT2D eigenvalue weighted by Crippen LogP contribution is 2.37. The molecule has 6 nitrogen and oxygen atoms in total. The number of aliphatic carboxylic acids is 1. The summed E-state index contributed by atoms with van der Waals surface area (Å²) in [5.41, 5.74) is 1.19. The van der Waals surface area contributed by atoms with Crippen molar-refractivity contribution in [3.05, 3.63) is 34.9 Å². The quantitative estimate of drug-likeness (QED) is 0.741. The molecule has 172 valence electrons. The van der Waals surface area contributed by atoms with Crippen molar-refractivity contribution in [1.82, 2.24) is 9.80 Å². The molecule has 0 saturated carbocycles. The topological polar surface area (TPSA) is 70.1 Å². The molecule has 4 rings (SSSR count). The van der Waals surface area contributed by atoms with E-state index in [1.54, 1.807) is 0 Å². The molecular formula is C21H26ClF3N2O4. The molecule has 1 N–H and O–H groups in total. The highest BCUT2D eigenvalue weighted by atomic mass is 35.5. The molecule has 1 spiro atoms. The van der Waals surface area contributed by atoms with Gasteiger partial charge in [-0.1, -0.05) is 23.7 Å². The van der Waals surface area contributed by atoms with Gasteiger partial charge >= 0.3 is 12.1 Å². The van der Waals surface area contributed by atoms with Crippen molar-refractivity contribution in [1.29, 1.82) is 0 Å².